The summed E-state index contributed by atoms with van der Waals surface area (Å²) in [6.45, 7) is 5.87. The number of aromatic nitrogens is 1. The summed E-state index contributed by atoms with van der Waals surface area (Å²) in [5, 5.41) is 8.36. The van der Waals surface area contributed by atoms with E-state index in [2.05, 4.69) is 27.4 Å². The molecule has 6 nitrogen and oxygen atoms in total. The van der Waals surface area contributed by atoms with Gasteiger partial charge in [0.15, 0.2) is 5.13 Å². The fourth-order valence-electron chi connectivity index (χ4n) is 3.23. The van der Waals surface area contributed by atoms with E-state index in [0.717, 1.165) is 34.8 Å². The number of thiazole rings is 1. The van der Waals surface area contributed by atoms with Crippen LogP contribution in [-0.4, -0.2) is 34.8 Å². The maximum Gasteiger partial charge on any atom is 0.267 e. The van der Waals surface area contributed by atoms with Gasteiger partial charge in [0, 0.05) is 30.1 Å². The first-order valence-electron chi connectivity index (χ1n) is 9.41. The molecule has 0 saturated heterocycles. The zero-order chi connectivity index (χ0) is 20.4. The number of carbonyl (C=O) groups excluding carboxylic acids is 2. The molecule has 0 unspecified atom stereocenters. The number of carbonyl (C=O) groups is 2. The number of amides is 2. The highest BCUT2D eigenvalue weighted by atomic mass is 32.1. The van der Waals surface area contributed by atoms with Crippen LogP contribution in [0, 0.1) is 13.8 Å². The molecule has 2 aromatic heterocycles. The third-order valence-electron chi connectivity index (χ3n) is 4.93. The first-order chi connectivity index (χ1) is 14.0. The second-order valence-electron chi connectivity index (χ2n) is 7.13. The predicted octanol–water partition coefficient (Wildman–Crippen LogP) is 4.07. The van der Waals surface area contributed by atoms with E-state index in [4.69, 9.17) is 0 Å². The molecular weight excluding hydrogens is 404 g/mol. The highest BCUT2D eigenvalue weighted by molar-refractivity contribution is 7.16. The van der Waals surface area contributed by atoms with Gasteiger partial charge in [-0.2, -0.15) is 0 Å². The van der Waals surface area contributed by atoms with E-state index in [9.17, 15) is 9.59 Å². The van der Waals surface area contributed by atoms with Gasteiger partial charge in [-0.05, 0) is 48.6 Å². The number of anilines is 2. The Labute approximate surface area is 177 Å². The van der Waals surface area contributed by atoms with Crippen LogP contribution >= 0.6 is 22.7 Å². The smallest absolute Gasteiger partial charge is 0.267 e. The van der Waals surface area contributed by atoms with Crippen molar-refractivity contribution in [2.24, 2.45) is 0 Å². The van der Waals surface area contributed by atoms with E-state index in [1.165, 1.54) is 28.2 Å². The Hall–Kier alpha value is -2.55. The van der Waals surface area contributed by atoms with Gasteiger partial charge in [0.25, 0.3) is 5.91 Å². The van der Waals surface area contributed by atoms with Gasteiger partial charge in [0.2, 0.25) is 5.91 Å². The maximum absolute atomic E-state index is 12.5. The molecule has 0 spiro atoms. The van der Waals surface area contributed by atoms with Crippen molar-refractivity contribution in [3.05, 3.63) is 62.3 Å². The number of thiophene rings is 1. The zero-order valence-electron chi connectivity index (χ0n) is 16.3. The van der Waals surface area contributed by atoms with Gasteiger partial charge >= 0.3 is 0 Å². The lowest BCUT2D eigenvalue weighted by Crippen LogP contribution is -2.36. The Balaban J connectivity index is 1.34. The lowest BCUT2D eigenvalue weighted by molar-refractivity contribution is -0.117. The van der Waals surface area contributed by atoms with Crippen molar-refractivity contribution in [3.63, 3.8) is 0 Å². The maximum atomic E-state index is 12.5. The molecule has 0 fully saturated rings. The number of rotatable bonds is 5. The standard InChI is InChI=1S/C21H22N4O2S2/c1-13-5-6-15(10-14(13)2)22-19(26)12-25-8-7-16-18(11-25)29-21(23-16)24-20(27)17-4-3-9-28-17/h3-6,9-10H,7-8,11-12H2,1-2H3,(H,22,26)(H,23,24,27). The van der Waals surface area contributed by atoms with Crippen LogP contribution < -0.4 is 10.6 Å². The van der Waals surface area contributed by atoms with Crippen molar-refractivity contribution in [3.8, 4) is 0 Å². The Morgan fingerprint density at radius 3 is 2.79 bits per heavy atom. The summed E-state index contributed by atoms with van der Waals surface area (Å²) in [4.78, 5) is 33.1. The minimum absolute atomic E-state index is 0.0209. The van der Waals surface area contributed by atoms with E-state index in [0.29, 0.717) is 23.1 Å². The fourth-order valence-corrected chi connectivity index (χ4v) is 4.89. The van der Waals surface area contributed by atoms with Crippen LogP contribution in [0.15, 0.2) is 35.7 Å². The van der Waals surface area contributed by atoms with Crippen molar-refractivity contribution in [1.82, 2.24) is 9.88 Å². The highest BCUT2D eigenvalue weighted by Crippen LogP contribution is 2.29. The quantitative estimate of drug-likeness (QED) is 0.645. The fraction of sp³-hybridized carbons (Fsp3) is 0.286. The average Bonchev–Trinajstić information content (AvgIpc) is 3.34. The number of hydrogen-bond acceptors (Lipinski definition) is 6. The van der Waals surface area contributed by atoms with E-state index in [1.54, 1.807) is 6.07 Å². The first kappa shape index (κ1) is 19.8. The lowest BCUT2D eigenvalue weighted by atomic mass is 10.1. The van der Waals surface area contributed by atoms with Gasteiger partial charge in [-0.25, -0.2) is 4.98 Å². The molecule has 8 heteroatoms. The monoisotopic (exact) mass is 426 g/mol. The minimum atomic E-state index is -0.129. The molecule has 1 aromatic carbocycles. The van der Waals surface area contributed by atoms with Crippen molar-refractivity contribution >= 4 is 45.3 Å². The van der Waals surface area contributed by atoms with Crippen molar-refractivity contribution < 1.29 is 9.59 Å². The van der Waals surface area contributed by atoms with Crippen LogP contribution in [0.2, 0.25) is 0 Å². The minimum Gasteiger partial charge on any atom is -0.325 e. The van der Waals surface area contributed by atoms with Gasteiger partial charge in [0.1, 0.15) is 0 Å². The number of fused-ring (bicyclic) bond motifs is 1. The predicted molar refractivity (Wildman–Crippen MR) is 118 cm³/mol. The summed E-state index contributed by atoms with van der Waals surface area (Å²) >= 11 is 2.89. The molecule has 1 aliphatic rings. The van der Waals surface area contributed by atoms with Gasteiger partial charge in [-0.3, -0.25) is 19.8 Å². The first-order valence-corrected chi connectivity index (χ1v) is 11.1. The van der Waals surface area contributed by atoms with E-state index < -0.39 is 0 Å². The molecule has 0 saturated carbocycles. The highest BCUT2D eigenvalue weighted by Gasteiger charge is 2.23. The number of aryl methyl sites for hydroxylation is 2. The van der Waals surface area contributed by atoms with Gasteiger partial charge in [-0.15, -0.1) is 22.7 Å². The number of hydrogen-bond donors (Lipinski definition) is 2. The Morgan fingerprint density at radius 1 is 1.17 bits per heavy atom. The van der Waals surface area contributed by atoms with Crippen LogP contribution in [0.3, 0.4) is 0 Å². The molecule has 0 aliphatic carbocycles. The summed E-state index contributed by atoms with van der Waals surface area (Å²) in [6, 6.07) is 9.59. The second-order valence-corrected chi connectivity index (χ2v) is 9.16. The molecule has 150 valence electrons. The van der Waals surface area contributed by atoms with Crippen molar-refractivity contribution in [2.45, 2.75) is 26.8 Å². The molecule has 0 radical (unpaired) electrons. The average molecular weight is 427 g/mol. The van der Waals surface area contributed by atoms with Crippen molar-refractivity contribution in [2.75, 3.05) is 23.7 Å². The summed E-state index contributed by atoms with van der Waals surface area (Å²) in [5.41, 5.74) is 4.21. The lowest BCUT2D eigenvalue weighted by Gasteiger charge is -2.25. The normalized spacial score (nSPS) is 13.7. The van der Waals surface area contributed by atoms with E-state index >= 15 is 0 Å². The van der Waals surface area contributed by atoms with E-state index in [-0.39, 0.29) is 11.8 Å². The number of nitrogens with one attached hydrogen (secondary N) is 2. The van der Waals surface area contributed by atoms with Gasteiger partial charge < -0.3 is 5.32 Å². The largest absolute Gasteiger partial charge is 0.325 e. The SMILES string of the molecule is Cc1ccc(NC(=O)CN2CCc3nc(NC(=O)c4cccs4)sc3C2)cc1C. The van der Waals surface area contributed by atoms with Crippen molar-refractivity contribution in [1.29, 1.82) is 0 Å². The molecule has 3 heterocycles. The molecule has 2 amide bonds. The third-order valence-corrected chi connectivity index (χ3v) is 6.80. The molecule has 2 N–H and O–H groups in total. The third kappa shape index (κ3) is 4.72. The number of benzene rings is 1. The summed E-state index contributed by atoms with van der Waals surface area (Å²) < 4.78 is 0. The Kier molecular flexibility index (Phi) is 5.75. The molecule has 3 aromatic rings. The van der Waals surface area contributed by atoms with Gasteiger partial charge in [0.05, 0.1) is 17.1 Å². The molecular formula is C21H22N4O2S2. The van der Waals surface area contributed by atoms with Crippen LogP contribution in [-0.2, 0) is 17.8 Å². The molecule has 0 bridgehead atoms. The molecule has 29 heavy (non-hydrogen) atoms. The second kappa shape index (κ2) is 8.44. The summed E-state index contributed by atoms with van der Waals surface area (Å²) in [5.74, 6) is -0.150. The molecule has 0 atom stereocenters. The van der Waals surface area contributed by atoms with Gasteiger partial charge in [-0.1, -0.05) is 12.1 Å². The summed E-state index contributed by atoms with van der Waals surface area (Å²) in [6.07, 6.45) is 0.775. The van der Waals surface area contributed by atoms with E-state index in [1.807, 2.05) is 36.6 Å². The van der Waals surface area contributed by atoms with Crippen LogP contribution in [0.25, 0.3) is 0 Å². The van der Waals surface area contributed by atoms with Crippen LogP contribution in [0.1, 0.15) is 31.4 Å². The number of nitrogens with zero attached hydrogens (tertiary/aromatic N) is 2. The van der Waals surface area contributed by atoms with Crippen LogP contribution in [0.5, 0.6) is 0 Å². The molecule has 4 rings (SSSR count). The Morgan fingerprint density at radius 2 is 2.03 bits per heavy atom. The Bertz CT molecular complexity index is 1040. The zero-order valence-corrected chi connectivity index (χ0v) is 18.0. The van der Waals surface area contributed by atoms with Crippen LogP contribution in [0.4, 0.5) is 10.8 Å². The summed E-state index contributed by atoms with van der Waals surface area (Å²) in [7, 11) is 0. The topological polar surface area (TPSA) is 74.3 Å². The molecule has 1 aliphatic heterocycles.